The maximum Gasteiger partial charge on any atom is 0.202 e. The first-order valence-electron chi connectivity index (χ1n) is 7.43. The Morgan fingerprint density at radius 3 is 2.75 bits per heavy atom. The first-order chi connectivity index (χ1) is 9.58. The lowest BCUT2D eigenvalue weighted by atomic mass is 10.2. The van der Waals surface area contributed by atoms with Crippen LogP contribution in [-0.4, -0.2) is 43.9 Å². The Hall–Kier alpha value is -1.56. The number of aryl methyl sites for hydroxylation is 2. The van der Waals surface area contributed by atoms with E-state index in [1.165, 1.54) is 25.7 Å². The highest BCUT2D eigenvalue weighted by Crippen LogP contribution is 2.23. The smallest absolute Gasteiger partial charge is 0.202 e. The Bertz CT molecular complexity index is 605. The molecule has 2 aromatic heterocycles. The number of rotatable bonds is 4. The minimum absolute atomic E-state index is 0.593. The van der Waals surface area contributed by atoms with E-state index in [1.807, 2.05) is 18.7 Å². The van der Waals surface area contributed by atoms with Gasteiger partial charge in [0.15, 0.2) is 5.65 Å². The molecule has 1 saturated carbocycles. The van der Waals surface area contributed by atoms with E-state index in [4.69, 9.17) is 5.73 Å². The molecule has 0 amide bonds. The van der Waals surface area contributed by atoms with E-state index in [1.54, 1.807) is 0 Å². The van der Waals surface area contributed by atoms with Gasteiger partial charge < -0.3 is 10.6 Å². The number of anilines is 1. The van der Waals surface area contributed by atoms with E-state index in [0.29, 0.717) is 5.95 Å². The van der Waals surface area contributed by atoms with Crippen LogP contribution in [0.5, 0.6) is 0 Å². The molecular formula is C14H24N6. The molecule has 110 valence electrons. The molecule has 0 saturated heterocycles. The summed E-state index contributed by atoms with van der Waals surface area (Å²) in [6.45, 7) is 3.85. The summed E-state index contributed by atoms with van der Waals surface area (Å²) in [6.07, 6.45) is 5.40. The van der Waals surface area contributed by atoms with Crippen molar-refractivity contribution < 1.29 is 0 Å². The highest BCUT2D eigenvalue weighted by atomic mass is 15.4. The van der Waals surface area contributed by atoms with E-state index in [9.17, 15) is 0 Å². The molecular weight excluding hydrogens is 252 g/mol. The molecule has 1 aliphatic rings. The van der Waals surface area contributed by atoms with Crippen LogP contribution in [0.15, 0.2) is 0 Å². The number of hydrogen-bond acceptors (Lipinski definition) is 4. The zero-order chi connectivity index (χ0) is 14.3. The van der Waals surface area contributed by atoms with Crippen molar-refractivity contribution in [2.45, 2.75) is 45.2 Å². The lowest BCUT2D eigenvalue weighted by Gasteiger charge is -2.24. The standard InChI is InChI=1S/C14H24N6/c1-10-12-13(19(3)17-10)20(14(15)16-12)9-8-18(2)11-6-4-5-7-11/h11H,4-9H2,1-3H3,(H2,15,16). The van der Waals surface area contributed by atoms with Crippen LogP contribution in [0.1, 0.15) is 31.4 Å². The van der Waals surface area contributed by atoms with Gasteiger partial charge in [0.05, 0.1) is 5.69 Å². The van der Waals surface area contributed by atoms with E-state index >= 15 is 0 Å². The largest absolute Gasteiger partial charge is 0.369 e. The zero-order valence-electron chi connectivity index (χ0n) is 12.6. The summed E-state index contributed by atoms with van der Waals surface area (Å²) >= 11 is 0. The zero-order valence-corrected chi connectivity index (χ0v) is 12.6. The number of nitrogen functional groups attached to an aromatic ring is 1. The quantitative estimate of drug-likeness (QED) is 0.920. The van der Waals surface area contributed by atoms with Gasteiger partial charge in [-0.2, -0.15) is 5.10 Å². The highest BCUT2D eigenvalue weighted by molar-refractivity contribution is 5.77. The molecule has 3 rings (SSSR count). The fourth-order valence-corrected chi connectivity index (χ4v) is 3.36. The predicted octanol–water partition coefficient (Wildman–Crippen LogP) is 1.53. The van der Waals surface area contributed by atoms with Crippen molar-refractivity contribution >= 4 is 17.1 Å². The average molecular weight is 276 g/mol. The van der Waals surface area contributed by atoms with Gasteiger partial charge in [0, 0.05) is 26.2 Å². The second-order valence-corrected chi connectivity index (χ2v) is 5.92. The maximum absolute atomic E-state index is 6.07. The van der Waals surface area contributed by atoms with Crippen molar-refractivity contribution in [1.29, 1.82) is 0 Å². The van der Waals surface area contributed by atoms with Gasteiger partial charge in [-0.1, -0.05) is 12.8 Å². The Morgan fingerprint density at radius 1 is 1.35 bits per heavy atom. The lowest BCUT2D eigenvalue weighted by molar-refractivity contribution is 0.237. The summed E-state index contributed by atoms with van der Waals surface area (Å²) in [4.78, 5) is 6.91. The molecule has 2 N–H and O–H groups in total. The Labute approximate surface area is 119 Å². The average Bonchev–Trinajstić information content (AvgIpc) is 3.08. The molecule has 0 spiro atoms. The molecule has 2 heterocycles. The second kappa shape index (κ2) is 5.09. The van der Waals surface area contributed by atoms with Crippen molar-refractivity contribution in [3.05, 3.63) is 5.69 Å². The van der Waals surface area contributed by atoms with Crippen molar-refractivity contribution in [2.24, 2.45) is 7.05 Å². The normalized spacial score (nSPS) is 16.8. The van der Waals surface area contributed by atoms with Crippen LogP contribution < -0.4 is 5.73 Å². The molecule has 6 nitrogen and oxygen atoms in total. The van der Waals surface area contributed by atoms with Gasteiger partial charge in [0.1, 0.15) is 5.52 Å². The first kappa shape index (κ1) is 13.4. The number of imidazole rings is 1. The summed E-state index contributed by atoms with van der Waals surface area (Å²) in [7, 11) is 4.17. The molecule has 1 aliphatic carbocycles. The van der Waals surface area contributed by atoms with Crippen LogP contribution in [0.2, 0.25) is 0 Å². The predicted molar refractivity (Wildman–Crippen MR) is 80.5 cm³/mol. The van der Waals surface area contributed by atoms with Gasteiger partial charge in [-0.25, -0.2) is 4.98 Å². The molecule has 0 aromatic carbocycles. The molecule has 1 fully saturated rings. The van der Waals surface area contributed by atoms with Crippen LogP contribution in [0, 0.1) is 6.92 Å². The molecule has 0 radical (unpaired) electrons. The summed E-state index contributed by atoms with van der Waals surface area (Å²) < 4.78 is 3.96. The number of nitrogens with zero attached hydrogens (tertiary/aromatic N) is 5. The van der Waals surface area contributed by atoms with Crippen LogP contribution >= 0.6 is 0 Å². The number of aromatic nitrogens is 4. The van der Waals surface area contributed by atoms with E-state index in [0.717, 1.165) is 36.0 Å². The van der Waals surface area contributed by atoms with Gasteiger partial charge >= 0.3 is 0 Å². The van der Waals surface area contributed by atoms with E-state index in [2.05, 4.69) is 26.6 Å². The van der Waals surface area contributed by atoms with Gasteiger partial charge in [-0.15, -0.1) is 0 Å². The summed E-state index contributed by atoms with van der Waals surface area (Å²) in [5.41, 5.74) is 8.96. The summed E-state index contributed by atoms with van der Waals surface area (Å²) in [5.74, 6) is 0.593. The molecule has 0 unspecified atom stereocenters. The Balaban J connectivity index is 1.78. The van der Waals surface area contributed by atoms with Crippen LogP contribution in [0.4, 0.5) is 5.95 Å². The summed E-state index contributed by atoms with van der Waals surface area (Å²) in [6, 6.07) is 0.739. The molecule has 0 atom stereocenters. The number of likely N-dealkylation sites (N-methyl/N-ethyl adjacent to an activating group) is 1. The third-order valence-corrected chi connectivity index (χ3v) is 4.54. The molecule has 2 aromatic rings. The fourth-order valence-electron chi connectivity index (χ4n) is 3.36. The maximum atomic E-state index is 6.07. The number of nitrogens with two attached hydrogens (primary N) is 1. The third kappa shape index (κ3) is 2.18. The highest BCUT2D eigenvalue weighted by Gasteiger charge is 2.20. The fraction of sp³-hybridized carbons (Fsp3) is 0.714. The van der Waals surface area contributed by atoms with Crippen LogP contribution in [-0.2, 0) is 13.6 Å². The number of fused-ring (bicyclic) bond motifs is 1. The Morgan fingerprint density at radius 2 is 2.05 bits per heavy atom. The SMILES string of the molecule is Cc1nn(C)c2c1nc(N)n2CCN(C)C1CCCC1. The number of hydrogen-bond donors (Lipinski definition) is 1. The second-order valence-electron chi connectivity index (χ2n) is 5.92. The van der Waals surface area contributed by atoms with Gasteiger partial charge in [0.2, 0.25) is 5.95 Å². The van der Waals surface area contributed by atoms with Crippen molar-refractivity contribution in [1.82, 2.24) is 24.2 Å². The van der Waals surface area contributed by atoms with Gasteiger partial charge in [0.25, 0.3) is 0 Å². The molecule has 20 heavy (non-hydrogen) atoms. The van der Waals surface area contributed by atoms with Crippen LogP contribution in [0.3, 0.4) is 0 Å². The van der Waals surface area contributed by atoms with Crippen molar-refractivity contribution in [2.75, 3.05) is 19.3 Å². The molecule has 0 bridgehead atoms. The first-order valence-corrected chi connectivity index (χ1v) is 7.43. The lowest BCUT2D eigenvalue weighted by Crippen LogP contribution is -2.32. The minimum Gasteiger partial charge on any atom is -0.369 e. The monoisotopic (exact) mass is 276 g/mol. The molecule has 6 heteroatoms. The van der Waals surface area contributed by atoms with Crippen molar-refractivity contribution in [3.63, 3.8) is 0 Å². The van der Waals surface area contributed by atoms with Crippen molar-refractivity contribution in [3.8, 4) is 0 Å². The third-order valence-electron chi connectivity index (χ3n) is 4.54. The van der Waals surface area contributed by atoms with E-state index < -0.39 is 0 Å². The minimum atomic E-state index is 0.593. The van der Waals surface area contributed by atoms with E-state index in [-0.39, 0.29) is 0 Å². The van der Waals surface area contributed by atoms with Gasteiger partial charge in [-0.3, -0.25) is 9.25 Å². The summed E-state index contributed by atoms with van der Waals surface area (Å²) in [5, 5.41) is 4.42. The Kier molecular flexibility index (Phi) is 3.41. The van der Waals surface area contributed by atoms with Crippen LogP contribution in [0.25, 0.3) is 11.2 Å². The topological polar surface area (TPSA) is 64.9 Å². The van der Waals surface area contributed by atoms with Gasteiger partial charge in [-0.05, 0) is 26.8 Å². The molecule has 0 aliphatic heterocycles.